The smallest absolute Gasteiger partial charge is 0.140 e. The fraction of sp³-hybridized carbons (Fsp3) is 0.0526. The van der Waals surface area contributed by atoms with E-state index >= 15 is 0 Å². The van der Waals surface area contributed by atoms with E-state index in [1.165, 1.54) is 11.9 Å². The second-order valence-electron chi connectivity index (χ2n) is 5.63. The zero-order valence-electron chi connectivity index (χ0n) is 14.0. The van der Waals surface area contributed by atoms with Gasteiger partial charge in [0, 0.05) is 43.6 Å². The van der Waals surface area contributed by atoms with Gasteiger partial charge in [0.05, 0.1) is 16.9 Å². The average molecular weight is 532 g/mol. The van der Waals surface area contributed by atoms with Crippen LogP contribution in [0, 0.1) is 6.92 Å². The van der Waals surface area contributed by atoms with Crippen molar-refractivity contribution in [2.45, 2.75) is 11.8 Å². The van der Waals surface area contributed by atoms with Gasteiger partial charge in [-0.25, -0.2) is 4.68 Å². The third-order valence-electron chi connectivity index (χ3n) is 3.79. The molecule has 2 aromatic carbocycles. The second kappa shape index (κ2) is 7.94. The molecule has 130 valence electrons. The third-order valence-corrected chi connectivity index (χ3v) is 4.61. The van der Waals surface area contributed by atoms with Crippen LogP contribution in [0.15, 0.2) is 71.8 Å². The molecule has 0 fully saturated rings. The van der Waals surface area contributed by atoms with E-state index in [-0.39, 0.29) is 26.8 Å². The van der Waals surface area contributed by atoms with E-state index in [0.29, 0.717) is 0 Å². The number of nitrogens with zero attached hydrogens (tertiary/aromatic N) is 3. The fourth-order valence-electron chi connectivity index (χ4n) is 2.65. The maximum atomic E-state index is 9.39. The largest absolute Gasteiger partial charge is 0.508 e. The first-order valence-electron chi connectivity index (χ1n) is 7.83. The Morgan fingerprint density at radius 1 is 1.04 bits per heavy atom. The standard InChI is InChI=1S/C19H16N4OS.W/c1-13-12-19(22-25-15-9-7-14(24)8-10-15)23(21-13)18-6-2-5-17-16(18)4-3-11-20-17;/h2-12,22,24H,1H3;. The number of aryl methyl sites for hydroxylation is 1. The van der Waals surface area contributed by atoms with Gasteiger partial charge in [0.2, 0.25) is 0 Å². The number of hydrogen-bond donors (Lipinski definition) is 2. The number of pyridine rings is 1. The molecule has 0 saturated heterocycles. The molecular formula is C19H16N4OSW. The molecule has 26 heavy (non-hydrogen) atoms. The summed E-state index contributed by atoms with van der Waals surface area (Å²) in [5, 5.41) is 15.1. The van der Waals surface area contributed by atoms with Crippen molar-refractivity contribution >= 4 is 28.7 Å². The normalized spacial score (nSPS) is 10.5. The van der Waals surface area contributed by atoms with Crippen LogP contribution in [-0.4, -0.2) is 19.9 Å². The van der Waals surface area contributed by atoms with Crippen LogP contribution in [0.3, 0.4) is 0 Å². The number of fused-ring (bicyclic) bond motifs is 1. The molecule has 7 heteroatoms. The van der Waals surface area contributed by atoms with Gasteiger partial charge < -0.3 is 9.83 Å². The fourth-order valence-corrected chi connectivity index (χ4v) is 3.29. The van der Waals surface area contributed by atoms with Gasteiger partial charge >= 0.3 is 0 Å². The first-order chi connectivity index (χ1) is 12.2. The van der Waals surface area contributed by atoms with E-state index in [0.717, 1.165) is 33.0 Å². The molecule has 0 aliphatic heterocycles. The van der Waals surface area contributed by atoms with Crippen molar-refractivity contribution in [2.75, 3.05) is 4.72 Å². The Morgan fingerprint density at radius 2 is 1.85 bits per heavy atom. The number of benzene rings is 2. The van der Waals surface area contributed by atoms with Crippen molar-refractivity contribution in [3.8, 4) is 11.4 Å². The maximum absolute atomic E-state index is 9.39. The number of nitrogens with one attached hydrogen (secondary N) is 1. The van der Waals surface area contributed by atoms with Gasteiger partial charge in [-0.05, 0) is 67.4 Å². The Hall–Kier alpha value is -2.30. The molecular weight excluding hydrogens is 516 g/mol. The van der Waals surface area contributed by atoms with Crippen LogP contribution in [-0.2, 0) is 21.1 Å². The van der Waals surface area contributed by atoms with Crippen LogP contribution in [0.2, 0.25) is 0 Å². The molecule has 2 heterocycles. The minimum atomic E-state index is 0. The monoisotopic (exact) mass is 532 g/mol. The van der Waals surface area contributed by atoms with Crippen LogP contribution in [0.4, 0.5) is 5.82 Å². The van der Waals surface area contributed by atoms with Crippen molar-refractivity contribution in [1.82, 2.24) is 14.8 Å². The Kier molecular flexibility index (Phi) is 5.64. The van der Waals surface area contributed by atoms with Gasteiger partial charge in [0.25, 0.3) is 0 Å². The van der Waals surface area contributed by atoms with Gasteiger partial charge in [-0.15, -0.1) is 0 Å². The van der Waals surface area contributed by atoms with Gasteiger partial charge in [-0.3, -0.25) is 4.98 Å². The summed E-state index contributed by atoms with van der Waals surface area (Å²) in [6.45, 7) is 1.97. The van der Waals surface area contributed by atoms with E-state index < -0.39 is 0 Å². The number of aromatic nitrogens is 3. The summed E-state index contributed by atoms with van der Waals surface area (Å²) in [6, 6.07) is 19.1. The van der Waals surface area contributed by atoms with Crippen molar-refractivity contribution in [1.29, 1.82) is 0 Å². The van der Waals surface area contributed by atoms with Crippen LogP contribution >= 0.6 is 11.9 Å². The van der Waals surface area contributed by atoms with E-state index in [9.17, 15) is 5.11 Å². The first-order valence-corrected chi connectivity index (χ1v) is 8.65. The Balaban J connectivity index is 0.00000196. The van der Waals surface area contributed by atoms with Gasteiger partial charge in [0.15, 0.2) is 0 Å². The van der Waals surface area contributed by atoms with E-state index in [1.807, 2.05) is 60.1 Å². The van der Waals surface area contributed by atoms with E-state index in [2.05, 4.69) is 14.8 Å². The molecule has 0 spiro atoms. The molecule has 2 N–H and O–H groups in total. The van der Waals surface area contributed by atoms with Crippen molar-refractivity contribution < 1.29 is 26.2 Å². The second-order valence-corrected chi connectivity index (χ2v) is 6.51. The molecule has 4 rings (SSSR count). The first kappa shape index (κ1) is 18.5. The Morgan fingerprint density at radius 3 is 2.65 bits per heavy atom. The molecule has 0 atom stereocenters. The summed E-state index contributed by atoms with van der Waals surface area (Å²) >= 11 is 1.47. The number of anilines is 1. The molecule has 4 aromatic rings. The minimum absolute atomic E-state index is 0. The maximum Gasteiger partial charge on any atom is 0.140 e. The van der Waals surface area contributed by atoms with Crippen LogP contribution in [0.5, 0.6) is 5.75 Å². The number of aromatic hydroxyl groups is 1. The van der Waals surface area contributed by atoms with Gasteiger partial charge in [0.1, 0.15) is 11.6 Å². The number of hydrogen-bond acceptors (Lipinski definition) is 5. The van der Waals surface area contributed by atoms with Crippen LogP contribution in [0.1, 0.15) is 5.69 Å². The zero-order chi connectivity index (χ0) is 17.2. The van der Waals surface area contributed by atoms with E-state index in [1.54, 1.807) is 18.3 Å². The molecule has 0 unspecified atom stereocenters. The summed E-state index contributed by atoms with van der Waals surface area (Å²) in [7, 11) is 0. The SMILES string of the molecule is Cc1cc(NSc2ccc(O)cc2)n(-c2cccc3ncccc23)n1.[W]. The number of rotatable bonds is 4. The quantitative estimate of drug-likeness (QED) is 0.378. The van der Waals surface area contributed by atoms with Crippen molar-refractivity contribution in [3.05, 3.63) is 72.6 Å². The van der Waals surface area contributed by atoms with Gasteiger partial charge in [-0.1, -0.05) is 6.07 Å². The van der Waals surface area contributed by atoms with E-state index in [4.69, 9.17) is 0 Å². The number of phenols is 1. The molecule has 0 saturated carbocycles. The molecule has 0 aliphatic rings. The molecule has 5 nitrogen and oxygen atoms in total. The summed E-state index contributed by atoms with van der Waals surface area (Å²) in [4.78, 5) is 5.42. The van der Waals surface area contributed by atoms with Crippen molar-refractivity contribution in [3.63, 3.8) is 0 Å². The number of phenolic OH excluding ortho intramolecular Hbond substituents is 1. The minimum Gasteiger partial charge on any atom is -0.508 e. The molecule has 0 aliphatic carbocycles. The average Bonchev–Trinajstić information content (AvgIpc) is 3.01. The third kappa shape index (κ3) is 3.76. The predicted octanol–water partition coefficient (Wildman–Crippen LogP) is 4.55. The van der Waals surface area contributed by atoms with Crippen molar-refractivity contribution in [2.24, 2.45) is 0 Å². The summed E-state index contributed by atoms with van der Waals surface area (Å²) in [5.41, 5.74) is 2.84. The van der Waals surface area contributed by atoms with Crippen LogP contribution in [0.25, 0.3) is 16.6 Å². The summed E-state index contributed by atoms with van der Waals surface area (Å²) < 4.78 is 5.24. The molecule has 0 amide bonds. The zero-order valence-corrected chi connectivity index (χ0v) is 17.7. The molecule has 0 radical (unpaired) electrons. The molecule has 2 aromatic heterocycles. The van der Waals surface area contributed by atoms with Gasteiger partial charge in [-0.2, -0.15) is 5.10 Å². The van der Waals surface area contributed by atoms with Crippen LogP contribution < -0.4 is 4.72 Å². The summed E-state index contributed by atoms with van der Waals surface area (Å²) in [6.07, 6.45) is 1.79. The Labute approximate surface area is 169 Å². The Bertz CT molecular complexity index is 1030. The molecule has 0 bridgehead atoms. The summed E-state index contributed by atoms with van der Waals surface area (Å²) in [5.74, 6) is 1.14. The predicted molar refractivity (Wildman–Crippen MR) is 101 cm³/mol. The topological polar surface area (TPSA) is 63.0 Å².